The number of nitrogens with zero attached hydrogens (tertiary/aromatic N) is 3. The topological polar surface area (TPSA) is 123 Å². The van der Waals surface area contributed by atoms with Crippen molar-refractivity contribution in [3.63, 3.8) is 0 Å². The van der Waals surface area contributed by atoms with Crippen molar-refractivity contribution in [1.29, 1.82) is 0 Å². The minimum atomic E-state index is -0.533. The van der Waals surface area contributed by atoms with Crippen molar-refractivity contribution < 1.29 is 9.53 Å². The number of carbonyl (C=O) groups is 1. The van der Waals surface area contributed by atoms with Gasteiger partial charge in [0.25, 0.3) is 0 Å². The fourth-order valence-corrected chi connectivity index (χ4v) is 3.69. The number of anilines is 1. The SMILES string of the molecule is CN=CC(C)=C(N)c1ccc(OCc2c(C3CC3)cccc2N(N)C(=O)N(C)N)c(Cl)c1. The predicted octanol–water partition coefficient (Wildman–Crippen LogP) is 3.79. The van der Waals surface area contributed by atoms with E-state index in [-0.39, 0.29) is 6.61 Å². The molecule has 170 valence electrons. The van der Waals surface area contributed by atoms with Gasteiger partial charge in [0.05, 0.1) is 10.7 Å². The van der Waals surface area contributed by atoms with Crippen molar-refractivity contribution in [2.45, 2.75) is 32.3 Å². The van der Waals surface area contributed by atoms with Crippen molar-refractivity contribution in [3.8, 4) is 5.75 Å². The lowest BCUT2D eigenvalue weighted by Gasteiger charge is -2.25. The van der Waals surface area contributed by atoms with E-state index in [0.29, 0.717) is 28.1 Å². The molecule has 2 amide bonds. The van der Waals surface area contributed by atoms with Crippen LogP contribution < -0.4 is 27.2 Å². The fourth-order valence-electron chi connectivity index (χ4n) is 3.45. The Kier molecular flexibility index (Phi) is 7.40. The number of urea groups is 1. The van der Waals surface area contributed by atoms with Gasteiger partial charge in [-0.3, -0.25) is 10.0 Å². The molecule has 2 aromatic rings. The second-order valence-electron chi connectivity index (χ2n) is 7.80. The molecule has 0 atom stereocenters. The Balaban J connectivity index is 1.88. The van der Waals surface area contributed by atoms with Gasteiger partial charge in [-0.2, -0.15) is 0 Å². The van der Waals surface area contributed by atoms with E-state index in [4.69, 9.17) is 33.8 Å². The summed E-state index contributed by atoms with van der Waals surface area (Å²) < 4.78 is 6.06. The number of hydrazine groups is 2. The first-order chi connectivity index (χ1) is 15.2. The highest BCUT2D eigenvalue weighted by Gasteiger charge is 2.29. The standard InChI is InChI=1S/C23H29ClN6O2/c1-14(12-28-2)22(25)16-9-10-21(19(24)11-16)32-13-18-17(15-7-8-15)5-4-6-20(18)30(27)23(31)29(3)26/h4-6,9-12,15H,7-8,13,25-27H2,1-3H3. The van der Waals surface area contributed by atoms with Crippen LogP contribution in [-0.2, 0) is 6.61 Å². The molecule has 6 N–H and O–H groups in total. The van der Waals surface area contributed by atoms with Gasteiger partial charge in [-0.25, -0.2) is 21.5 Å². The number of ether oxygens (including phenoxy) is 1. The van der Waals surface area contributed by atoms with Crippen molar-refractivity contribution in [2.24, 2.45) is 22.4 Å². The van der Waals surface area contributed by atoms with Crippen LogP contribution in [0, 0.1) is 0 Å². The van der Waals surface area contributed by atoms with Gasteiger partial charge < -0.3 is 10.5 Å². The minimum Gasteiger partial charge on any atom is -0.487 e. The number of halogens is 1. The molecule has 0 aromatic heterocycles. The maximum atomic E-state index is 12.3. The molecule has 0 heterocycles. The van der Waals surface area contributed by atoms with E-state index < -0.39 is 6.03 Å². The molecular weight excluding hydrogens is 428 g/mol. The van der Waals surface area contributed by atoms with Crippen LogP contribution in [0.5, 0.6) is 5.75 Å². The van der Waals surface area contributed by atoms with Crippen molar-refractivity contribution in [2.75, 3.05) is 19.1 Å². The lowest BCUT2D eigenvalue weighted by molar-refractivity contribution is 0.216. The molecule has 1 saturated carbocycles. The Morgan fingerprint density at radius 3 is 2.59 bits per heavy atom. The molecule has 32 heavy (non-hydrogen) atoms. The summed E-state index contributed by atoms with van der Waals surface area (Å²) in [4.78, 5) is 16.3. The van der Waals surface area contributed by atoms with Gasteiger partial charge >= 0.3 is 6.03 Å². The number of allylic oxidation sites excluding steroid dienone is 1. The van der Waals surface area contributed by atoms with Crippen LogP contribution in [-0.4, -0.2) is 31.3 Å². The zero-order valence-electron chi connectivity index (χ0n) is 18.5. The monoisotopic (exact) mass is 456 g/mol. The van der Waals surface area contributed by atoms with Crippen molar-refractivity contribution in [3.05, 3.63) is 63.7 Å². The molecule has 8 nitrogen and oxygen atoms in total. The highest BCUT2D eigenvalue weighted by atomic mass is 35.5. The largest absolute Gasteiger partial charge is 0.487 e. The van der Waals surface area contributed by atoms with Crippen LogP contribution in [0.2, 0.25) is 5.02 Å². The number of benzene rings is 2. The summed E-state index contributed by atoms with van der Waals surface area (Å²) in [6.07, 6.45) is 3.88. The van der Waals surface area contributed by atoms with Crippen molar-refractivity contribution >= 4 is 35.2 Å². The molecular formula is C23H29ClN6O2. The third-order valence-electron chi connectivity index (χ3n) is 5.33. The third kappa shape index (κ3) is 5.21. The predicted molar refractivity (Wildman–Crippen MR) is 129 cm³/mol. The van der Waals surface area contributed by atoms with Crippen LogP contribution in [0.4, 0.5) is 10.5 Å². The van der Waals surface area contributed by atoms with E-state index in [1.807, 2.05) is 25.1 Å². The minimum absolute atomic E-state index is 0.198. The average molecular weight is 457 g/mol. The Labute approximate surface area is 193 Å². The highest BCUT2D eigenvalue weighted by molar-refractivity contribution is 6.32. The van der Waals surface area contributed by atoms with Gasteiger partial charge in [-0.15, -0.1) is 0 Å². The molecule has 1 fully saturated rings. The molecule has 3 rings (SSSR count). The average Bonchev–Trinajstić information content (AvgIpc) is 3.62. The van der Waals surface area contributed by atoms with Crippen LogP contribution in [0.1, 0.15) is 42.4 Å². The molecule has 1 aliphatic rings. The van der Waals surface area contributed by atoms with Gasteiger partial charge in [-0.05, 0) is 66.6 Å². The summed E-state index contributed by atoms with van der Waals surface area (Å²) in [7, 11) is 3.13. The van der Waals surface area contributed by atoms with Crippen LogP contribution >= 0.6 is 11.6 Å². The van der Waals surface area contributed by atoms with Gasteiger partial charge in [-0.1, -0.05) is 23.7 Å². The smallest absolute Gasteiger partial charge is 0.352 e. The number of amides is 2. The zero-order valence-corrected chi connectivity index (χ0v) is 19.3. The number of rotatable bonds is 7. The summed E-state index contributed by atoms with van der Waals surface area (Å²) >= 11 is 6.48. The third-order valence-corrected chi connectivity index (χ3v) is 5.63. The van der Waals surface area contributed by atoms with Gasteiger partial charge in [0.15, 0.2) is 0 Å². The van der Waals surface area contributed by atoms with Gasteiger partial charge in [0.2, 0.25) is 0 Å². The maximum Gasteiger partial charge on any atom is 0.352 e. The summed E-state index contributed by atoms with van der Waals surface area (Å²) in [6, 6.07) is 10.6. The zero-order chi connectivity index (χ0) is 23.4. The van der Waals surface area contributed by atoms with Gasteiger partial charge in [0, 0.05) is 31.6 Å². The molecule has 0 spiro atoms. The first-order valence-electron chi connectivity index (χ1n) is 10.2. The Bertz CT molecular complexity index is 1060. The Morgan fingerprint density at radius 2 is 2.00 bits per heavy atom. The van der Waals surface area contributed by atoms with Crippen molar-refractivity contribution in [1.82, 2.24) is 5.01 Å². The fraction of sp³-hybridized carbons (Fsp3) is 0.304. The number of carbonyl (C=O) groups excluding carboxylic acids is 1. The number of nitrogens with two attached hydrogens (primary N) is 3. The van der Waals surface area contributed by atoms with E-state index >= 15 is 0 Å². The summed E-state index contributed by atoms with van der Waals surface area (Å²) in [5.74, 6) is 12.6. The summed E-state index contributed by atoms with van der Waals surface area (Å²) in [6.45, 7) is 2.08. The molecule has 2 aromatic carbocycles. The molecule has 1 aliphatic carbocycles. The molecule has 0 bridgehead atoms. The van der Waals surface area contributed by atoms with E-state index in [1.54, 1.807) is 31.5 Å². The summed E-state index contributed by atoms with van der Waals surface area (Å²) in [5.41, 5.74) is 10.9. The van der Waals surface area contributed by atoms with Crippen LogP contribution in [0.3, 0.4) is 0 Å². The normalized spacial score (nSPS) is 14.3. The molecule has 0 aliphatic heterocycles. The number of hydrogen-bond acceptors (Lipinski definition) is 6. The van der Waals surface area contributed by atoms with Gasteiger partial charge in [0.1, 0.15) is 12.4 Å². The van der Waals surface area contributed by atoms with Crippen LogP contribution in [0.15, 0.2) is 47.0 Å². The Morgan fingerprint density at radius 1 is 1.28 bits per heavy atom. The molecule has 0 saturated heterocycles. The maximum absolute atomic E-state index is 12.3. The van der Waals surface area contributed by atoms with Crippen LogP contribution in [0.25, 0.3) is 5.70 Å². The lowest BCUT2D eigenvalue weighted by Crippen LogP contribution is -2.49. The van der Waals surface area contributed by atoms with E-state index in [1.165, 1.54) is 7.05 Å². The summed E-state index contributed by atoms with van der Waals surface area (Å²) in [5, 5.41) is 2.41. The van der Waals surface area contributed by atoms with E-state index in [9.17, 15) is 4.79 Å². The first kappa shape index (κ1) is 23.6. The molecule has 9 heteroatoms. The quantitative estimate of drug-likeness (QED) is 0.253. The lowest BCUT2D eigenvalue weighted by atomic mass is 10.0. The first-order valence-corrected chi connectivity index (χ1v) is 10.6. The highest BCUT2D eigenvalue weighted by Crippen LogP contribution is 2.44. The molecule has 0 radical (unpaired) electrons. The Hall–Kier alpha value is -3.07. The van der Waals surface area contributed by atoms with E-state index in [0.717, 1.165) is 45.1 Å². The second kappa shape index (κ2) is 10.0. The molecule has 0 unspecified atom stereocenters. The number of hydrogen-bond donors (Lipinski definition) is 3. The number of aliphatic imine (C=N–C) groups is 1. The second-order valence-corrected chi connectivity index (χ2v) is 8.21. The van der Waals surface area contributed by atoms with E-state index in [2.05, 4.69) is 4.99 Å².